The molecule has 27 heavy (non-hydrogen) atoms. The summed E-state index contributed by atoms with van der Waals surface area (Å²) in [7, 11) is 0. The standard InChI is InChI=1S/C20H19FN4O2/c1-12-23-18-15(7-4-10-22-18)20(27)25(12)14-8-9-16(21)17(11-14)24-19(26)13-5-2-3-6-13/h4,7-11,13H,2-3,5-6H2,1H3,(H,24,26). The molecular weight excluding hydrogens is 347 g/mol. The van der Waals surface area contributed by atoms with E-state index in [9.17, 15) is 14.0 Å². The van der Waals surface area contributed by atoms with E-state index >= 15 is 0 Å². The Labute approximate surface area is 155 Å². The van der Waals surface area contributed by atoms with E-state index in [1.54, 1.807) is 25.3 Å². The average molecular weight is 366 g/mol. The van der Waals surface area contributed by atoms with Crippen LogP contribution in [0, 0.1) is 18.7 Å². The molecule has 1 N–H and O–H groups in total. The molecule has 0 spiro atoms. The molecule has 7 heteroatoms. The lowest BCUT2D eigenvalue weighted by atomic mass is 10.1. The molecule has 6 nitrogen and oxygen atoms in total. The Balaban J connectivity index is 1.76. The van der Waals surface area contributed by atoms with Crippen molar-refractivity contribution in [2.24, 2.45) is 5.92 Å². The second-order valence-electron chi connectivity index (χ2n) is 6.81. The third-order valence-electron chi connectivity index (χ3n) is 5.00. The van der Waals surface area contributed by atoms with Crippen LogP contribution < -0.4 is 10.9 Å². The Kier molecular flexibility index (Phi) is 4.43. The van der Waals surface area contributed by atoms with E-state index in [1.807, 2.05) is 0 Å². The van der Waals surface area contributed by atoms with Gasteiger partial charge in [0.25, 0.3) is 5.56 Å². The van der Waals surface area contributed by atoms with E-state index in [0.717, 1.165) is 25.7 Å². The van der Waals surface area contributed by atoms with E-state index < -0.39 is 5.82 Å². The lowest BCUT2D eigenvalue weighted by Crippen LogP contribution is -2.24. The fourth-order valence-corrected chi connectivity index (χ4v) is 3.60. The van der Waals surface area contributed by atoms with Crippen LogP contribution in [0.1, 0.15) is 31.5 Å². The number of halogens is 1. The Morgan fingerprint density at radius 2 is 2.04 bits per heavy atom. The van der Waals surface area contributed by atoms with Crippen molar-refractivity contribution in [3.05, 3.63) is 58.5 Å². The second kappa shape index (κ2) is 6.90. The summed E-state index contributed by atoms with van der Waals surface area (Å²) in [6, 6.07) is 7.54. The smallest absolute Gasteiger partial charge is 0.267 e. The number of fused-ring (bicyclic) bond motifs is 1. The predicted octanol–water partition coefficient (Wildman–Crippen LogP) is 3.36. The molecule has 2 aromatic heterocycles. The Morgan fingerprint density at radius 1 is 1.26 bits per heavy atom. The zero-order chi connectivity index (χ0) is 19.0. The van der Waals surface area contributed by atoms with Crippen LogP contribution in [0.25, 0.3) is 16.7 Å². The van der Waals surface area contributed by atoms with Gasteiger partial charge in [0.05, 0.1) is 16.8 Å². The molecular formula is C20H19FN4O2. The van der Waals surface area contributed by atoms with Gasteiger partial charge in [0.2, 0.25) is 5.91 Å². The molecule has 1 aliphatic rings. The van der Waals surface area contributed by atoms with Crippen molar-refractivity contribution >= 4 is 22.6 Å². The van der Waals surface area contributed by atoms with Gasteiger partial charge in [-0.15, -0.1) is 0 Å². The number of benzene rings is 1. The Morgan fingerprint density at radius 3 is 2.81 bits per heavy atom. The van der Waals surface area contributed by atoms with Crippen LogP contribution in [-0.4, -0.2) is 20.4 Å². The van der Waals surface area contributed by atoms with Crippen molar-refractivity contribution in [2.75, 3.05) is 5.32 Å². The highest BCUT2D eigenvalue weighted by Gasteiger charge is 2.23. The molecule has 1 fully saturated rings. The number of pyridine rings is 1. The molecule has 1 aliphatic carbocycles. The summed E-state index contributed by atoms with van der Waals surface area (Å²) in [6.07, 6.45) is 5.27. The van der Waals surface area contributed by atoms with E-state index in [0.29, 0.717) is 22.5 Å². The molecule has 1 saturated carbocycles. The minimum absolute atomic E-state index is 0.0713. The van der Waals surface area contributed by atoms with Crippen molar-refractivity contribution in [1.82, 2.24) is 14.5 Å². The lowest BCUT2D eigenvalue weighted by molar-refractivity contribution is -0.119. The summed E-state index contributed by atoms with van der Waals surface area (Å²) >= 11 is 0. The summed E-state index contributed by atoms with van der Waals surface area (Å²) < 4.78 is 15.7. The predicted molar refractivity (Wildman–Crippen MR) is 100 cm³/mol. The third kappa shape index (κ3) is 3.20. The number of carbonyl (C=O) groups excluding carboxylic acids is 1. The quantitative estimate of drug-likeness (QED) is 0.771. The van der Waals surface area contributed by atoms with Crippen LogP contribution in [0.5, 0.6) is 0 Å². The fourth-order valence-electron chi connectivity index (χ4n) is 3.60. The third-order valence-corrected chi connectivity index (χ3v) is 5.00. The number of anilines is 1. The number of nitrogens with one attached hydrogen (secondary N) is 1. The highest BCUT2D eigenvalue weighted by molar-refractivity contribution is 5.93. The topological polar surface area (TPSA) is 76.9 Å². The summed E-state index contributed by atoms with van der Waals surface area (Å²) in [5, 5.41) is 3.05. The maximum atomic E-state index is 14.3. The van der Waals surface area contributed by atoms with E-state index in [2.05, 4.69) is 15.3 Å². The van der Waals surface area contributed by atoms with E-state index in [-0.39, 0.29) is 23.1 Å². The van der Waals surface area contributed by atoms with Crippen LogP contribution in [0.4, 0.5) is 10.1 Å². The van der Waals surface area contributed by atoms with Crippen molar-refractivity contribution in [3.8, 4) is 5.69 Å². The first-order valence-corrected chi connectivity index (χ1v) is 9.00. The zero-order valence-corrected chi connectivity index (χ0v) is 14.9. The van der Waals surface area contributed by atoms with Gasteiger partial charge >= 0.3 is 0 Å². The SMILES string of the molecule is Cc1nc2ncccc2c(=O)n1-c1ccc(F)c(NC(=O)C2CCCC2)c1. The van der Waals surface area contributed by atoms with Crippen molar-refractivity contribution in [1.29, 1.82) is 0 Å². The normalized spacial score (nSPS) is 14.6. The maximum Gasteiger partial charge on any atom is 0.267 e. The van der Waals surface area contributed by atoms with Gasteiger partial charge in [-0.05, 0) is 50.1 Å². The summed E-state index contributed by atoms with van der Waals surface area (Å²) in [4.78, 5) is 33.7. The first-order valence-electron chi connectivity index (χ1n) is 9.00. The number of rotatable bonds is 3. The van der Waals surface area contributed by atoms with Gasteiger partial charge in [-0.3, -0.25) is 14.2 Å². The van der Waals surface area contributed by atoms with Crippen LogP contribution in [0.3, 0.4) is 0 Å². The molecule has 0 unspecified atom stereocenters. The van der Waals surface area contributed by atoms with E-state index in [4.69, 9.17) is 0 Å². The number of aromatic nitrogens is 3. The molecule has 0 bridgehead atoms. The minimum Gasteiger partial charge on any atom is -0.323 e. The van der Waals surface area contributed by atoms with Gasteiger partial charge in [-0.1, -0.05) is 12.8 Å². The van der Waals surface area contributed by atoms with Crippen LogP contribution in [0.15, 0.2) is 41.3 Å². The van der Waals surface area contributed by atoms with Crippen LogP contribution in [-0.2, 0) is 4.79 Å². The van der Waals surface area contributed by atoms with Crippen molar-refractivity contribution in [3.63, 3.8) is 0 Å². The fraction of sp³-hybridized carbons (Fsp3) is 0.300. The molecule has 0 radical (unpaired) electrons. The first kappa shape index (κ1) is 17.3. The molecule has 2 heterocycles. The molecule has 0 aliphatic heterocycles. The summed E-state index contributed by atoms with van der Waals surface area (Å²) in [6.45, 7) is 1.69. The molecule has 4 rings (SSSR count). The van der Waals surface area contributed by atoms with Crippen LogP contribution in [0.2, 0.25) is 0 Å². The number of hydrogen-bond acceptors (Lipinski definition) is 4. The minimum atomic E-state index is -0.536. The van der Waals surface area contributed by atoms with Crippen LogP contribution >= 0.6 is 0 Å². The number of amides is 1. The summed E-state index contributed by atoms with van der Waals surface area (Å²) in [5.41, 5.74) is 0.597. The largest absolute Gasteiger partial charge is 0.323 e. The van der Waals surface area contributed by atoms with Gasteiger partial charge in [0.15, 0.2) is 5.65 Å². The van der Waals surface area contributed by atoms with Gasteiger partial charge in [-0.25, -0.2) is 14.4 Å². The molecule has 1 aromatic carbocycles. The molecule has 1 amide bonds. The zero-order valence-electron chi connectivity index (χ0n) is 14.9. The maximum absolute atomic E-state index is 14.3. The van der Waals surface area contributed by atoms with Crippen molar-refractivity contribution in [2.45, 2.75) is 32.6 Å². The van der Waals surface area contributed by atoms with Gasteiger partial charge in [0, 0.05) is 12.1 Å². The highest BCUT2D eigenvalue weighted by Crippen LogP contribution is 2.27. The monoisotopic (exact) mass is 366 g/mol. The Hall–Kier alpha value is -3.09. The number of nitrogens with zero attached hydrogens (tertiary/aromatic N) is 3. The van der Waals surface area contributed by atoms with Gasteiger partial charge in [-0.2, -0.15) is 0 Å². The van der Waals surface area contributed by atoms with Gasteiger partial charge < -0.3 is 5.32 Å². The molecule has 0 atom stereocenters. The first-order chi connectivity index (χ1) is 13.0. The molecule has 3 aromatic rings. The molecule has 138 valence electrons. The number of carbonyl (C=O) groups is 1. The number of hydrogen-bond donors (Lipinski definition) is 1. The van der Waals surface area contributed by atoms with Crippen molar-refractivity contribution < 1.29 is 9.18 Å². The van der Waals surface area contributed by atoms with Gasteiger partial charge in [0.1, 0.15) is 11.6 Å². The van der Waals surface area contributed by atoms with E-state index in [1.165, 1.54) is 22.8 Å². The molecule has 0 saturated heterocycles. The number of aryl methyl sites for hydroxylation is 1. The Bertz CT molecular complexity index is 1090. The second-order valence-corrected chi connectivity index (χ2v) is 6.81. The average Bonchev–Trinajstić information content (AvgIpc) is 3.19. The summed E-state index contributed by atoms with van der Waals surface area (Å²) in [5.74, 6) is -0.350. The highest BCUT2D eigenvalue weighted by atomic mass is 19.1. The lowest BCUT2D eigenvalue weighted by Gasteiger charge is -2.14.